The van der Waals surface area contributed by atoms with Gasteiger partial charge in [-0.05, 0) is 54.4 Å². The number of esters is 1. The SMILES string of the molecule is COC(=O)c1ccc(C2(NC(=O)c3cc4c(Cl)c(Cl)ccc4n3C)CCN(c3ccccc3)C2)cc1. The zero-order chi connectivity index (χ0) is 25.4. The molecule has 8 heteroatoms. The first-order chi connectivity index (χ1) is 17.3. The number of nitrogens with zero attached hydrogens (tertiary/aromatic N) is 2. The van der Waals surface area contributed by atoms with E-state index in [0.29, 0.717) is 34.3 Å². The number of rotatable bonds is 5. The number of amides is 1. The predicted octanol–water partition coefficient (Wildman–Crippen LogP) is 5.81. The number of hydrogen-bond donors (Lipinski definition) is 1. The molecule has 4 aromatic rings. The van der Waals surface area contributed by atoms with E-state index >= 15 is 0 Å². The maximum Gasteiger partial charge on any atom is 0.337 e. The highest BCUT2D eigenvalue weighted by molar-refractivity contribution is 6.45. The zero-order valence-electron chi connectivity index (χ0n) is 19.9. The summed E-state index contributed by atoms with van der Waals surface area (Å²) in [5, 5.41) is 4.92. The smallest absolute Gasteiger partial charge is 0.337 e. The van der Waals surface area contributed by atoms with Crippen LogP contribution < -0.4 is 10.2 Å². The van der Waals surface area contributed by atoms with Crippen LogP contribution in [0, 0.1) is 0 Å². The van der Waals surface area contributed by atoms with E-state index in [0.717, 1.165) is 28.7 Å². The molecule has 1 saturated heterocycles. The highest BCUT2D eigenvalue weighted by atomic mass is 35.5. The summed E-state index contributed by atoms with van der Waals surface area (Å²) in [6.07, 6.45) is 0.696. The number of aromatic nitrogens is 1. The van der Waals surface area contributed by atoms with Crippen LogP contribution >= 0.6 is 23.2 Å². The van der Waals surface area contributed by atoms with Gasteiger partial charge >= 0.3 is 5.97 Å². The van der Waals surface area contributed by atoms with Gasteiger partial charge in [0, 0.05) is 36.7 Å². The van der Waals surface area contributed by atoms with Gasteiger partial charge in [-0.1, -0.05) is 53.5 Å². The first kappa shape index (κ1) is 24.2. The van der Waals surface area contributed by atoms with Crippen LogP contribution in [0.4, 0.5) is 5.69 Å². The summed E-state index contributed by atoms with van der Waals surface area (Å²) < 4.78 is 6.67. The Morgan fingerprint density at radius 1 is 1.00 bits per heavy atom. The molecule has 1 amide bonds. The summed E-state index contributed by atoms with van der Waals surface area (Å²) in [5.41, 5.74) is 3.11. The first-order valence-corrected chi connectivity index (χ1v) is 12.3. The Morgan fingerprint density at radius 2 is 1.72 bits per heavy atom. The largest absolute Gasteiger partial charge is 0.465 e. The van der Waals surface area contributed by atoms with E-state index < -0.39 is 11.5 Å². The molecule has 1 N–H and O–H groups in total. The summed E-state index contributed by atoms with van der Waals surface area (Å²) in [6.45, 7) is 1.34. The molecule has 1 unspecified atom stereocenters. The van der Waals surface area contributed by atoms with Crippen molar-refractivity contribution in [3.8, 4) is 0 Å². The Kier molecular flexibility index (Phi) is 6.41. The summed E-state index contributed by atoms with van der Waals surface area (Å²) in [5.74, 6) is -0.615. The summed E-state index contributed by atoms with van der Waals surface area (Å²) in [6, 6.07) is 22.7. The van der Waals surface area contributed by atoms with Gasteiger partial charge in [-0.25, -0.2) is 4.79 Å². The highest BCUT2D eigenvalue weighted by Gasteiger charge is 2.42. The average Bonchev–Trinajstić information content (AvgIpc) is 3.49. The normalized spacial score (nSPS) is 17.4. The van der Waals surface area contributed by atoms with Crippen molar-refractivity contribution >= 4 is 51.7 Å². The van der Waals surface area contributed by atoms with Crippen LogP contribution in [0.15, 0.2) is 72.8 Å². The van der Waals surface area contributed by atoms with Gasteiger partial charge in [0.2, 0.25) is 0 Å². The quantitative estimate of drug-likeness (QED) is 0.336. The average molecular weight is 522 g/mol. The predicted molar refractivity (Wildman–Crippen MR) is 143 cm³/mol. The highest BCUT2D eigenvalue weighted by Crippen LogP contribution is 2.37. The number of para-hydroxylation sites is 1. The molecule has 0 aliphatic carbocycles. The summed E-state index contributed by atoms with van der Waals surface area (Å²) in [4.78, 5) is 28.0. The van der Waals surface area contributed by atoms with Gasteiger partial charge in [0.25, 0.3) is 5.91 Å². The molecule has 1 fully saturated rings. The van der Waals surface area contributed by atoms with E-state index in [9.17, 15) is 9.59 Å². The molecule has 0 saturated carbocycles. The Bertz CT molecular complexity index is 1450. The molecule has 1 aliphatic rings. The lowest BCUT2D eigenvalue weighted by Crippen LogP contribution is -2.48. The summed E-state index contributed by atoms with van der Waals surface area (Å²) >= 11 is 12.6. The number of fused-ring (bicyclic) bond motifs is 1. The standard InChI is InChI=1S/C28H25Cl2N3O3/c1-32-23-13-12-22(29)25(30)21(23)16-24(32)26(34)31-28(19-10-8-18(9-11-19)27(35)36-2)14-15-33(17-28)20-6-4-3-5-7-20/h3-13,16H,14-15,17H2,1-2H3,(H,31,34). The molecule has 3 aromatic carbocycles. The van der Waals surface area contributed by atoms with Crippen molar-refractivity contribution in [2.24, 2.45) is 7.05 Å². The Labute approximate surface area is 219 Å². The lowest BCUT2D eigenvalue weighted by Gasteiger charge is -2.32. The van der Waals surface area contributed by atoms with Gasteiger partial charge in [0.15, 0.2) is 0 Å². The second-order valence-corrected chi connectivity index (χ2v) is 9.78. The van der Waals surface area contributed by atoms with Crippen molar-refractivity contribution in [1.29, 1.82) is 0 Å². The van der Waals surface area contributed by atoms with Crippen molar-refractivity contribution in [1.82, 2.24) is 9.88 Å². The minimum absolute atomic E-state index is 0.215. The number of nitrogens with one attached hydrogen (secondary N) is 1. The van der Waals surface area contributed by atoms with Gasteiger partial charge in [-0.2, -0.15) is 0 Å². The monoisotopic (exact) mass is 521 g/mol. The first-order valence-electron chi connectivity index (χ1n) is 11.6. The third kappa shape index (κ3) is 4.21. The molecule has 0 bridgehead atoms. The van der Waals surface area contributed by atoms with Crippen LogP contribution in [0.5, 0.6) is 0 Å². The van der Waals surface area contributed by atoms with E-state index in [1.165, 1.54) is 7.11 Å². The molecule has 2 heterocycles. The third-order valence-electron chi connectivity index (χ3n) is 6.95. The van der Waals surface area contributed by atoms with Crippen molar-refractivity contribution in [3.63, 3.8) is 0 Å². The zero-order valence-corrected chi connectivity index (χ0v) is 21.4. The van der Waals surface area contributed by atoms with Crippen molar-refractivity contribution < 1.29 is 14.3 Å². The Balaban J connectivity index is 1.52. The second kappa shape index (κ2) is 9.52. The van der Waals surface area contributed by atoms with Crippen LogP contribution in [-0.4, -0.2) is 36.6 Å². The molecular formula is C28H25Cl2N3O3. The molecule has 1 aliphatic heterocycles. The lowest BCUT2D eigenvalue weighted by molar-refractivity contribution is 0.0600. The van der Waals surface area contributed by atoms with Crippen LogP contribution in [0.3, 0.4) is 0 Å². The minimum Gasteiger partial charge on any atom is -0.465 e. The molecule has 36 heavy (non-hydrogen) atoms. The molecule has 1 aromatic heterocycles. The van der Waals surface area contributed by atoms with Crippen molar-refractivity contribution in [3.05, 3.63) is 99.7 Å². The lowest BCUT2D eigenvalue weighted by atomic mass is 9.88. The maximum atomic E-state index is 13.7. The fourth-order valence-electron chi connectivity index (χ4n) is 4.97. The Hall–Kier alpha value is -3.48. The number of anilines is 1. The number of ether oxygens (including phenoxy) is 1. The van der Waals surface area contributed by atoms with Crippen molar-refractivity contribution in [2.75, 3.05) is 25.1 Å². The van der Waals surface area contributed by atoms with Gasteiger partial charge in [-0.3, -0.25) is 4.79 Å². The van der Waals surface area contributed by atoms with Crippen LogP contribution in [-0.2, 0) is 17.3 Å². The van der Waals surface area contributed by atoms with Crippen molar-refractivity contribution in [2.45, 2.75) is 12.0 Å². The van der Waals surface area contributed by atoms with Gasteiger partial charge < -0.3 is 19.5 Å². The minimum atomic E-state index is -0.667. The molecule has 0 spiro atoms. The van der Waals surface area contributed by atoms with Gasteiger partial charge in [0.05, 0.1) is 28.3 Å². The van der Waals surface area contributed by atoms with Crippen LogP contribution in [0.1, 0.15) is 32.8 Å². The van der Waals surface area contributed by atoms with E-state index in [4.69, 9.17) is 27.9 Å². The maximum absolute atomic E-state index is 13.7. The molecule has 0 radical (unpaired) electrons. The topological polar surface area (TPSA) is 63.6 Å². The number of aryl methyl sites for hydroxylation is 1. The fourth-order valence-corrected chi connectivity index (χ4v) is 5.35. The number of methoxy groups -OCH3 is 1. The third-order valence-corrected chi connectivity index (χ3v) is 7.77. The number of benzene rings is 3. The number of carbonyl (C=O) groups excluding carboxylic acids is 2. The molecule has 5 rings (SSSR count). The van der Waals surface area contributed by atoms with E-state index in [1.807, 2.05) is 48.0 Å². The molecule has 6 nitrogen and oxygen atoms in total. The van der Waals surface area contributed by atoms with E-state index in [2.05, 4.69) is 22.3 Å². The van der Waals surface area contributed by atoms with Crippen LogP contribution in [0.2, 0.25) is 10.0 Å². The second-order valence-electron chi connectivity index (χ2n) is 9.00. The van der Waals surface area contributed by atoms with Crippen LogP contribution in [0.25, 0.3) is 10.9 Å². The fraction of sp³-hybridized carbons (Fsp3) is 0.214. The molecular weight excluding hydrogens is 497 g/mol. The number of halogens is 2. The van der Waals surface area contributed by atoms with E-state index in [-0.39, 0.29) is 5.91 Å². The Morgan fingerprint density at radius 3 is 2.42 bits per heavy atom. The molecule has 184 valence electrons. The van der Waals surface area contributed by atoms with E-state index in [1.54, 1.807) is 24.3 Å². The number of hydrogen-bond acceptors (Lipinski definition) is 4. The summed E-state index contributed by atoms with van der Waals surface area (Å²) in [7, 11) is 3.19. The number of carbonyl (C=O) groups is 2. The van der Waals surface area contributed by atoms with Gasteiger partial charge in [0.1, 0.15) is 5.69 Å². The van der Waals surface area contributed by atoms with Gasteiger partial charge in [-0.15, -0.1) is 0 Å². The molecule has 1 atom stereocenters.